The first-order valence-corrected chi connectivity index (χ1v) is 9.18. The van der Waals surface area contributed by atoms with Crippen molar-refractivity contribution in [1.82, 2.24) is 5.32 Å². The van der Waals surface area contributed by atoms with Crippen LogP contribution in [0.1, 0.15) is 15.9 Å². The Hall–Kier alpha value is -2.67. The Morgan fingerprint density at radius 2 is 1.92 bits per heavy atom. The van der Waals surface area contributed by atoms with Crippen molar-refractivity contribution in [1.29, 1.82) is 0 Å². The molecule has 0 fully saturated rings. The number of aromatic hydroxyl groups is 1. The molecule has 26 heavy (non-hydrogen) atoms. The third-order valence-corrected chi connectivity index (χ3v) is 4.47. The number of rotatable bonds is 9. The van der Waals surface area contributed by atoms with E-state index in [2.05, 4.69) is 17.4 Å². The molecule has 1 amide bonds. The molecule has 0 spiro atoms. The van der Waals surface area contributed by atoms with Gasteiger partial charge in [0.25, 0.3) is 5.91 Å². The number of phenols is 1. The summed E-state index contributed by atoms with van der Waals surface area (Å²) in [5, 5.41) is 12.5. The largest absolute Gasteiger partial charge is 0.507 e. The minimum atomic E-state index is -0.765. The maximum absolute atomic E-state index is 11.9. The Bertz CT molecular complexity index is 736. The topological polar surface area (TPSA) is 84.9 Å². The number of hydrogen-bond donors (Lipinski definition) is 2. The summed E-state index contributed by atoms with van der Waals surface area (Å²) < 4.78 is 9.85. The third kappa shape index (κ3) is 6.33. The molecule has 2 aromatic carbocycles. The molecule has 0 unspecified atom stereocenters. The van der Waals surface area contributed by atoms with E-state index in [0.717, 1.165) is 11.5 Å². The first-order chi connectivity index (χ1) is 12.6. The molecule has 2 N–H and O–H groups in total. The molecule has 6 nitrogen and oxygen atoms in total. The SMILES string of the molecule is COc1ccc(C(=O)OCC(=O)NCCSCc2ccccc2)c(O)c1. The van der Waals surface area contributed by atoms with Crippen LogP contribution in [0.2, 0.25) is 0 Å². The van der Waals surface area contributed by atoms with Gasteiger partial charge in [0.1, 0.15) is 17.1 Å². The molecule has 0 aliphatic rings. The molecule has 0 aromatic heterocycles. The summed E-state index contributed by atoms with van der Waals surface area (Å²) in [5.74, 6) is 0.651. The highest BCUT2D eigenvalue weighted by atomic mass is 32.2. The Balaban J connectivity index is 1.64. The number of hydrogen-bond acceptors (Lipinski definition) is 6. The van der Waals surface area contributed by atoms with Crippen LogP contribution in [-0.2, 0) is 15.3 Å². The second kappa shape index (κ2) is 10.4. The molecule has 2 rings (SSSR count). The number of benzene rings is 2. The van der Waals surface area contributed by atoms with Crippen LogP contribution in [-0.4, -0.2) is 43.0 Å². The first kappa shape index (κ1) is 19.7. The summed E-state index contributed by atoms with van der Waals surface area (Å²) in [6.07, 6.45) is 0. The van der Waals surface area contributed by atoms with Gasteiger partial charge in [0.15, 0.2) is 6.61 Å². The zero-order valence-electron chi connectivity index (χ0n) is 14.4. The highest BCUT2D eigenvalue weighted by Gasteiger charge is 2.15. The lowest BCUT2D eigenvalue weighted by molar-refractivity contribution is -0.124. The molecular weight excluding hydrogens is 354 g/mol. The van der Waals surface area contributed by atoms with E-state index in [1.165, 1.54) is 30.9 Å². The van der Waals surface area contributed by atoms with Crippen LogP contribution >= 0.6 is 11.8 Å². The predicted molar refractivity (Wildman–Crippen MR) is 101 cm³/mol. The number of ether oxygens (including phenoxy) is 2. The highest BCUT2D eigenvalue weighted by Crippen LogP contribution is 2.23. The second-order valence-electron chi connectivity index (χ2n) is 5.35. The number of carbonyl (C=O) groups excluding carboxylic acids is 2. The van der Waals surface area contributed by atoms with Gasteiger partial charge in [0.2, 0.25) is 0 Å². The second-order valence-corrected chi connectivity index (χ2v) is 6.45. The summed E-state index contributed by atoms with van der Waals surface area (Å²) in [5.41, 5.74) is 1.22. The average molecular weight is 375 g/mol. The minimum absolute atomic E-state index is 0.0167. The van der Waals surface area contributed by atoms with E-state index >= 15 is 0 Å². The smallest absolute Gasteiger partial charge is 0.342 e. The number of amides is 1. The molecule has 0 bridgehead atoms. The van der Waals surface area contributed by atoms with Crippen molar-refractivity contribution >= 4 is 23.6 Å². The monoisotopic (exact) mass is 375 g/mol. The van der Waals surface area contributed by atoms with Crippen LogP contribution < -0.4 is 10.1 Å². The number of carbonyl (C=O) groups is 2. The summed E-state index contributed by atoms with van der Waals surface area (Å²) in [6.45, 7) is 0.0926. The Morgan fingerprint density at radius 3 is 2.62 bits per heavy atom. The number of thioether (sulfide) groups is 1. The molecule has 0 heterocycles. The zero-order valence-corrected chi connectivity index (χ0v) is 15.3. The van der Waals surface area contributed by atoms with Gasteiger partial charge in [-0.3, -0.25) is 4.79 Å². The summed E-state index contributed by atoms with van der Waals surface area (Å²) >= 11 is 1.71. The lowest BCUT2D eigenvalue weighted by atomic mass is 10.2. The van der Waals surface area contributed by atoms with Crippen LogP contribution in [0.3, 0.4) is 0 Å². The third-order valence-electron chi connectivity index (χ3n) is 3.44. The van der Waals surface area contributed by atoms with Crippen LogP contribution in [0.15, 0.2) is 48.5 Å². The van der Waals surface area contributed by atoms with E-state index in [9.17, 15) is 14.7 Å². The summed E-state index contributed by atoms with van der Waals surface area (Å²) in [7, 11) is 1.45. The predicted octanol–water partition coefficient (Wildman–Crippen LogP) is 2.61. The standard InChI is InChI=1S/C19H21NO5S/c1-24-15-7-8-16(17(21)11-15)19(23)25-12-18(22)20-9-10-26-13-14-5-3-2-4-6-14/h2-8,11,21H,9-10,12-13H2,1H3,(H,20,22). The van der Waals surface area contributed by atoms with E-state index in [1.807, 2.05) is 18.2 Å². The fraction of sp³-hybridized carbons (Fsp3) is 0.263. The molecule has 0 atom stereocenters. The molecule has 0 radical (unpaired) electrons. The van der Waals surface area contributed by atoms with Gasteiger partial charge in [-0.25, -0.2) is 4.79 Å². The van der Waals surface area contributed by atoms with Crippen molar-refractivity contribution < 1.29 is 24.2 Å². The van der Waals surface area contributed by atoms with E-state index < -0.39 is 12.6 Å². The number of nitrogens with one attached hydrogen (secondary N) is 1. The van der Waals surface area contributed by atoms with Gasteiger partial charge < -0.3 is 19.9 Å². The fourth-order valence-electron chi connectivity index (χ4n) is 2.10. The van der Waals surface area contributed by atoms with Crippen molar-refractivity contribution in [3.63, 3.8) is 0 Å². The lowest BCUT2D eigenvalue weighted by Crippen LogP contribution is -2.30. The minimum Gasteiger partial charge on any atom is -0.507 e. The maximum Gasteiger partial charge on any atom is 0.342 e. The molecular formula is C19H21NO5S. The lowest BCUT2D eigenvalue weighted by Gasteiger charge is -2.08. The zero-order chi connectivity index (χ0) is 18.8. The molecule has 0 saturated heterocycles. The van der Waals surface area contributed by atoms with E-state index in [1.54, 1.807) is 11.8 Å². The van der Waals surface area contributed by atoms with Crippen molar-refractivity contribution in [2.45, 2.75) is 5.75 Å². The van der Waals surface area contributed by atoms with Crippen molar-refractivity contribution in [3.05, 3.63) is 59.7 Å². The van der Waals surface area contributed by atoms with E-state index in [4.69, 9.17) is 9.47 Å². The van der Waals surface area contributed by atoms with Gasteiger partial charge in [-0.15, -0.1) is 0 Å². The van der Waals surface area contributed by atoms with Gasteiger partial charge >= 0.3 is 5.97 Å². The number of methoxy groups -OCH3 is 1. The van der Waals surface area contributed by atoms with Crippen molar-refractivity contribution in [2.24, 2.45) is 0 Å². The number of phenolic OH excluding ortho intramolecular Hbond substituents is 1. The highest BCUT2D eigenvalue weighted by molar-refractivity contribution is 7.98. The maximum atomic E-state index is 11.9. The van der Waals surface area contributed by atoms with Crippen molar-refractivity contribution in [3.8, 4) is 11.5 Å². The summed E-state index contributed by atoms with van der Waals surface area (Å²) in [4.78, 5) is 23.6. The van der Waals surface area contributed by atoms with Gasteiger partial charge in [0.05, 0.1) is 7.11 Å². The van der Waals surface area contributed by atoms with Gasteiger partial charge in [-0.2, -0.15) is 11.8 Å². The van der Waals surface area contributed by atoms with Crippen LogP contribution in [0.4, 0.5) is 0 Å². The normalized spacial score (nSPS) is 10.2. The molecule has 7 heteroatoms. The fourth-order valence-corrected chi connectivity index (χ4v) is 2.92. The molecule has 0 aliphatic heterocycles. The molecule has 0 aliphatic carbocycles. The quantitative estimate of drug-likeness (QED) is 0.518. The molecule has 0 saturated carbocycles. The Morgan fingerprint density at radius 1 is 1.15 bits per heavy atom. The van der Waals surface area contributed by atoms with Crippen molar-refractivity contribution in [2.75, 3.05) is 26.0 Å². The van der Waals surface area contributed by atoms with Crippen LogP contribution in [0.25, 0.3) is 0 Å². The van der Waals surface area contributed by atoms with Gasteiger partial charge in [-0.1, -0.05) is 30.3 Å². The Kier molecular flexibility index (Phi) is 7.82. The van der Waals surface area contributed by atoms with Crippen LogP contribution in [0, 0.1) is 0 Å². The molecule has 2 aromatic rings. The Labute approximate surface area is 156 Å². The van der Waals surface area contributed by atoms with E-state index in [0.29, 0.717) is 12.3 Å². The molecule has 138 valence electrons. The van der Waals surface area contributed by atoms with Gasteiger partial charge in [-0.05, 0) is 17.7 Å². The number of esters is 1. The van der Waals surface area contributed by atoms with Gasteiger partial charge in [0, 0.05) is 24.1 Å². The summed E-state index contributed by atoms with van der Waals surface area (Å²) in [6, 6.07) is 14.3. The first-order valence-electron chi connectivity index (χ1n) is 8.02. The average Bonchev–Trinajstić information content (AvgIpc) is 2.66. The van der Waals surface area contributed by atoms with Crippen LogP contribution in [0.5, 0.6) is 11.5 Å². The van der Waals surface area contributed by atoms with E-state index in [-0.39, 0.29) is 17.2 Å².